The molecule has 118 valence electrons. The lowest BCUT2D eigenvalue weighted by Crippen LogP contribution is -2.42. The molecular weight excluding hydrogens is 316 g/mol. The average Bonchev–Trinajstić information content (AvgIpc) is 2.52. The lowest BCUT2D eigenvalue weighted by molar-refractivity contribution is -0.125. The summed E-state index contributed by atoms with van der Waals surface area (Å²) in [4.78, 5) is 25.8. The maximum Gasteiger partial charge on any atom is 0.267 e. The number of fused-ring (bicyclic) bond motifs is 1. The minimum Gasteiger partial charge on any atom is -0.479 e. The fourth-order valence-corrected chi connectivity index (χ4v) is 2.61. The van der Waals surface area contributed by atoms with Crippen LogP contribution in [0.25, 0.3) is 0 Å². The Bertz CT molecular complexity index is 791. The third-order valence-electron chi connectivity index (χ3n) is 3.65. The van der Waals surface area contributed by atoms with Gasteiger partial charge in [-0.25, -0.2) is 0 Å². The molecule has 1 N–H and O–H groups in total. The standard InChI is InChI=1S/C17H15ClN2O3/c1-10-17(22)20(2)14-8-11(6-7-15(14)23-10)16(21)19-13-5-3-4-12(18)9-13/h3-10H,1-2H3,(H,19,21). The van der Waals surface area contributed by atoms with Crippen molar-refractivity contribution < 1.29 is 14.3 Å². The minimum absolute atomic E-state index is 0.148. The molecule has 1 heterocycles. The third kappa shape index (κ3) is 3.00. The molecule has 0 bridgehead atoms. The van der Waals surface area contributed by atoms with Gasteiger partial charge < -0.3 is 15.0 Å². The van der Waals surface area contributed by atoms with Crippen molar-refractivity contribution in [2.45, 2.75) is 13.0 Å². The largest absolute Gasteiger partial charge is 0.479 e. The molecule has 1 atom stereocenters. The number of rotatable bonds is 2. The van der Waals surface area contributed by atoms with Crippen molar-refractivity contribution in [2.75, 3.05) is 17.3 Å². The number of carbonyl (C=O) groups is 2. The van der Waals surface area contributed by atoms with E-state index in [1.54, 1.807) is 56.4 Å². The van der Waals surface area contributed by atoms with E-state index in [1.165, 1.54) is 4.90 Å². The van der Waals surface area contributed by atoms with E-state index >= 15 is 0 Å². The molecule has 3 rings (SSSR count). The van der Waals surface area contributed by atoms with Gasteiger partial charge in [-0.1, -0.05) is 17.7 Å². The van der Waals surface area contributed by atoms with Crippen LogP contribution >= 0.6 is 11.6 Å². The summed E-state index contributed by atoms with van der Waals surface area (Å²) in [6.07, 6.45) is -0.529. The van der Waals surface area contributed by atoms with Crippen LogP contribution in [-0.2, 0) is 4.79 Å². The number of halogens is 1. The van der Waals surface area contributed by atoms with E-state index in [-0.39, 0.29) is 11.8 Å². The summed E-state index contributed by atoms with van der Waals surface area (Å²) in [5, 5.41) is 3.32. The van der Waals surface area contributed by atoms with Crippen LogP contribution in [0.15, 0.2) is 42.5 Å². The van der Waals surface area contributed by atoms with Crippen LogP contribution in [-0.4, -0.2) is 25.0 Å². The van der Waals surface area contributed by atoms with E-state index < -0.39 is 6.10 Å². The highest BCUT2D eigenvalue weighted by molar-refractivity contribution is 6.31. The molecule has 1 aliphatic rings. The lowest BCUT2D eigenvalue weighted by atomic mass is 10.1. The van der Waals surface area contributed by atoms with Crippen LogP contribution in [0.2, 0.25) is 5.02 Å². The first kappa shape index (κ1) is 15.4. The average molecular weight is 331 g/mol. The topological polar surface area (TPSA) is 58.6 Å². The van der Waals surface area contributed by atoms with Gasteiger partial charge in [-0.3, -0.25) is 9.59 Å². The molecule has 23 heavy (non-hydrogen) atoms. The molecule has 0 saturated heterocycles. The molecule has 0 radical (unpaired) electrons. The van der Waals surface area contributed by atoms with Gasteiger partial charge >= 0.3 is 0 Å². The van der Waals surface area contributed by atoms with Crippen molar-refractivity contribution in [3.63, 3.8) is 0 Å². The van der Waals surface area contributed by atoms with Gasteiger partial charge in [0, 0.05) is 23.3 Å². The van der Waals surface area contributed by atoms with Crippen LogP contribution in [0.3, 0.4) is 0 Å². The number of amides is 2. The zero-order valence-corrected chi connectivity index (χ0v) is 13.4. The summed E-state index contributed by atoms with van der Waals surface area (Å²) in [7, 11) is 1.67. The highest BCUT2D eigenvalue weighted by Crippen LogP contribution is 2.34. The first-order valence-corrected chi connectivity index (χ1v) is 7.48. The molecule has 0 aliphatic carbocycles. The zero-order chi connectivity index (χ0) is 16.6. The van der Waals surface area contributed by atoms with Gasteiger partial charge in [0.05, 0.1) is 5.69 Å². The Kier molecular flexibility index (Phi) is 3.96. The van der Waals surface area contributed by atoms with Gasteiger partial charge in [0.2, 0.25) is 0 Å². The molecular formula is C17H15ClN2O3. The maximum atomic E-state index is 12.4. The highest BCUT2D eigenvalue weighted by Gasteiger charge is 2.29. The van der Waals surface area contributed by atoms with Gasteiger partial charge in [-0.15, -0.1) is 0 Å². The fraction of sp³-hybridized carbons (Fsp3) is 0.176. The molecule has 5 nitrogen and oxygen atoms in total. The van der Waals surface area contributed by atoms with Crippen molar-refractivity contribution in [3.8, 4) is 5.75 Å². The number of nitrogens with one attached hydrogen (secondary N) is 1. The predicted octanol–water partition coefficient (Wildman–Crippen LogP) is 3.34. The number of likely N-dealkylation sites (N-methyl/N-ethyl adjacent to an activating group) is 1. The number of ether oxygens (including phenoxy) is 1. The molecule has 0 saturated carbocycles. The van der Waals surface area contributed by atoms with E-state index in [2.05, 4.69) is 5.32 Å². The van der Waals surface area contributed by atoms with Crippen LogP contribution in [0.1, 0.15) is 17.3 Å². The first-order chi connectivity index (χ1) is 11.0. The lowest BCUT2D eigenvalue weighted by Gasteiger charge is -2.30. The zero-order valence-electron chi connectivity index (χ0n) is 12.7. The summed E-state index contributed by atoms with van der Waals surface area (Å²) >= 11 is 5.91. The van der Waals surface area contributed by atoms with E-state index in [0.29, 0.717) is 27.7 Å². The van der Waals surface area contributed by atoms with Crippen molar-refractivity contribution in [3.05, 3.63) is 53.1 Å². The Labute approximate surface area is 138 Å². The van der Waals surface area contributed by atoms with Crippen molar-refractivity contribution in [2.24, 2.45) is 0 Å². The second-order valence-corrected chi connectivity index (χ2v) is 5.74. The molecule has 1 unspecified atom stereocenters. The van der Waals surface area contributed by atoms with Gasteiger partial charge in [0.1, 0.15) is 5.75 Å². The molecule has 6 heteroatoms. The second kappa shape index (κ2) is 5.93. The second-order valence-electron chi connectivity index (χ2n) is 5.30. The Morgan fingerprint density at radius 2 is 2.04 bits per heavy atom. The quantitative estimate of drug-likeness (QED) is 0.918. The summed E-state index contributed by atoms with van der Waals surface area (Å²) in [5.41, 5.74) is 1.61. The summed E-state index contributed by atoms with van der Waals surface area (Å²) in [6, 6.07) is 11.9. The molecule has 0 fully saturated rings. The van der Waals surface area contributed by atoms with Crippen LogP contribution in [0, 0.1) is 0 Å². The number of nitrogens with zero attached hydrogens (tertiary/aromatic N) is 1. The van der Waals surface area contributed by atoms with Gasteiger partial charge in [-0.2, -0.15) is 0 Å². The third-order valence-corrected chi connectivity index (χ3v) is 3.88. The Morgan fingerprint density at radius 1 is 1.26 bits per heavy atom. The number of hydrogen-bond acceptors (Lipinski definition) is 3. The molecule has 0 aromatic heterocycles. The normalized spacial score (nSPS) is 16.6. The van der Waals surface area contributed by atoms with Gasteiger partial charge in [-0.05, 0) is 43.3 Å². The molecule has 2 aromatic rings. The number of carbonyl (C=O) groups excluding carboxylic acids is 2. The van der Waals surface area contributed by atoms with E-state index in [0.717, 1.165) is 0 Å². The maximum absolute atomic E-state index is 12.4. The number of benzene rings is 2. The smallest absolute Gasteiger partial charge is 0.267 e. The van der Waals surface area contributed by atoms with Crippen LogP contribution in [0.4, 0.5) is 11.4 Å². The van der Waals surface area contributed by atoms with Crippen molar-refractivity contribution in [1.82, 2.24) is 0 Å². The number of hydrogen-bond donors (Lipinski definition) is 1. The van der Waals surface area contributed by atoms with E-state index in [4.69, 9.17) is 16.3 Å². The monoisotopic (exact) mass is 330 g/mol. The highest BCUT2D eigenvalue weighted by atomic mass is 35.5. The SMILES string of the molecule is CC1Oc2ccc(C(=O)Nc3cccc(Cl)c3)cc2N(C)C1=O. The molecule has 2 aromatic carbocycles. The Morgan fingerprint density at radius 3 is 2.78 bits per heavy atom. The van der Waals surface area contributed by atoms with Crippen LogP contribution in [0.5, 0.6) is 5.75 Å². The molecule has 1 aliphatic heterocycles. The fourth-order valence-electron chi connectivity index (χ4n) is 2.42. The molecule has 0 spiro atoms. The van der Waals surface area contributed by atoms with E-state index in [1.807, 2.05) is 0 Å². The summed E-state index contributed by atoms with van der Waals surface area (Å²) in [6.45, 7) is 1.70. The van der Waals surface area contributed by atoms with Gasteiger partial charge in [0.25, 0.3) is 11.8 Å². The molecule has 2 amide bonds. The Hall–Kier alpha value is -2.53. The van der Waals surface area contributed by atoms with Crippen molar-refractivity contribution in [1.29, 1.82) is 0 Å². The predicted molar refractivity (Wildman–Crippen MR) is 89.3 cm³/mol. The summed E-state index contributed by atoms with van der Waals surface area (Å²) in [5.74, 6) is 0.151. The summed E-state index contributed by atoms with van der Waals surface area (Å²) < 4.78 is 5.54. The minimum atomic E-state index is -0.529. The van der Waals surface area contributed by atoms with Crippen molar-refractivity contribution >= 4 is 34.8 Å². The van der Waals surface area contributed by atoms with E-state index in [9.17, 15) is 9.59 Å². The first-order valence-electron chi connectivity index (χ1n) is 7.11. The Balaban J connectivity index is 1.87. The number of anilines is 2. The van der Waals surface area contributed by atoms with Gasteiger partial charge in [0.15, 0.2) is 6.10 Å². The van der Waals surface area contributed by atoms with Crippen LogP contribution < -0.4 is 15.0 Å².